The first kappa shape index (κ1) is 9.61. The molecular formula is C2H8BrNO2. The molecule has 0 saturated heterocycles. The van der Waals surface area contributed by atoms with Gasteiger partial charge in [-0.25, -0.2) is 0 Å². The molecule has 0 aliphatic rings. The molecule has 0 saturated carbocycles. The third kappa shape index (κ3) is 8.84. The van der Waals surface area contributed by atoms with Crippen LogP contribution < -0.4 is 22.3 Å². The SMILES string of the molecule is OC[NH2+]CO.[Br-]. The minimum atomic E-state index is -0.0312. The van der Waals surface area contributed by atoms with Gasteiger partial charge in [-0.3, -0.25) is 0 Å². The van der Waals surface area contributed by atoms with Gasteiger partial charge in [0, 0.05) is 0 Å². The van der Waals surface area contributed by atoms with E-state index in [-0.39, 0.29) is 30.4 Å². The quantitative estimate of drug-likeness (QED) is 0.351. The zero-order chi connectivity index (χ0) is 4.12. The monoisotopic (exact) mass is 157 g/mol. The van der Waals surface area contributed by atoms with Crippen LogP contribution >= 0.6 is 0 Å². The molecule has 40 valence electrons. The summed E-state index contributed by atoms with van der Waals surface area (Å²) in [5.41, 5.74) is 0. The van der Waals surface area contributed by atoms with Crippen LogP contribution in [0.3, 0.4) is 0 Å². The normalized spacial score (nSPS) is 7.00. The molecule has 0 aliphatic carbocycles. The maximum atomic E-state index is 7.85. The lowest BCUT2D eigenvalue weighted by atomic mass is 11.1. The summed E-state index contributed by atoms with van der Waals surface area (Å²) in [6.45, 7) is -0.0625. The van der Waals surface area contributed by atoms with Gasteiger partial charge >= 0.3 is 0 Å². The van der Waals surface area contributed by atoms with Gasteiger partial charge in [0.05, 0.1) is 0 Å². The van der Waals surface area contributed by atoms with Crippen LogP contribution in [0.2, 0.25) is 0 Å². The van der Waals surface area contributed by atoms with Crippen molar-refractivity contribution in [1.29, 1.82) is 0 Å². The van der Waals surface area contributed by atoms with E-state index in [1.165, 1.54) is 5.32 Å². The molecule has 6 heavy (non-hydrogen) atoms. The Kier molecular flexibility index (Phi) is 14.5. The maximum Gasteiger partial charge on any atom is 0.178 e. The average molecular weight is 158 g/mol. The minimum Gasteiger partial charge on any atom is -1.00 e. The van der Waals surface area contributed by atoms with Crippen molar-refractivity contribution in [2.75, 3.05) is 13.5 Å². The van der Waals surface area contributed by atoms with Crippen LogP contribution in [-0.2, 0) is 0 Å². The van der Waals surface area contributed by atoms with E-state index in [0.717, 1.165) is 0 Å². The molecule has 0 unspecified atom stereocenters. The third-order valence-corrected chi connectivity index (χ3v) is 0.258. The van der Waals surface area contributed by atoms with Crippen molar-refractivity contribution in [2.45, 2.75) is 0 Å². The van der Waals surface area contributed by atoms with Crippen LogP contribution in [0.15, 0.2) is 0 Å². The molecule has 0 fully saturated rings. The molecule has 0 bridgehead atoms. The van der Waals surface area contributed by atoms with Gasteiger partial charge in [-0.2, -0.15) is 0 Å². The second kappa shape index (κ2) is 9.03. The van der Waals surface area contributed by atoms with Crippen molar-refractivity contribution in [2.24, 2.45) is 0 Å². The minimum absolute atomic E-state index is 0. The lowest BCUT2D eigenvalue weighted by Gasteiger charge is -1.82. The molecular weight excluding hydrogens is 150 g/mol. The van der Waals surface area contributed by atoms with Gasteiger partial charge in [0.2, 0.25) is 0 Å². The molecule has 0 heterocycles. The van der Waals surface area contributed by atoms with Crippen LogP contribution in [0, 0.1) is 0 Å². The highest BCUT2D eigenvalue weighted by molar-refractivity contribution is 3.66. The molecule has 0 atom stereocenters. The molecule has 0 aromatic carbocycles. The number of quaternary nitrogens is 1. The highest BCUT2D eigenvalue weighted by atomic mass is 79.9. The summed E-state index contributed by atoms with van der Waals surface area (Å²) in [6.07, 6.45) is 0. The number of halogens is 1. The fourth-order valence-corrected chi connectivity index (χ4v) is 0.0577. The van der Waals surface area contributed by atoms with E-state index >= 15 is 0 Å². The van der Waals surface area contributed by atoms with E-state index in [0.29, 0.717) is 0 Å². The van der Waals surface area contributed by atoms with E-state index in [9.17, 15) is 0 Å². The lowest BCUT2D eigenvalue weighted by molar-refractivity contribution is -0.710. The van der Waals surface area contributed by atoms with E-state index in [2.05, 4.69) is 0 Å². The summed E-state index contributed by atoms with van der Waals surface area (Å²) >= 11 is 0. The second-order valence-electron chi connectivity index (χ2n) is 0.654. The van der Waals surface area contributed by atoms with Gasteiger partial charge in [-0.15, -0.1) is 0 Å². The Morgan fingerprint density at radius 2 is 1.50 bits per heavy atom. The van der Waals surface area contributed by atoms with Crippen molar-refractivity contribution in [1.82, 2.24) is 0 Å². The van der Waals surface area contributed by atoms with Crippen molar-refractivity contribution >= 4 is 0 Å². The molecule has 0 aromatic rings. The first-order chi connectivity index (χ1) is 2.41. The fourth-order valence-electron chi connectivity index (χ4n) is 0.0577. The highest BCUT2D eigenvalue weighted by Gasteiger charge is 1.68. The van der Waals surface area contributed by atoms with E-state index < -0.39 is 0 Å². The number of hydrogen-bond acceptors (Lipinski definition) is 2. The molecule has 0 aliphatic heterocycles. The summed E-state index contributed by atoms with van der Waals surface area (Å²) in [6, 6.07) is 0. The molecule has 0 spiro atoms. The predicted octanol–water partition coefficient (Wildman–Crippen LogP) is -5.55. The van der Waals surface area contributed by atoms with E-state index in [4.69, 9.17) is 10.2 Å². The molecule has 0 radical (unpaired) electrons. The van der Waals surface area contributed by atoms with Gasteiger partial charge in [0.1, 0.15) is 0 Å². The van der Waals surface area contributed by atoms with Crippen LogP contribution in [0.1, 0.15) is 0 Å². The Balaban J connectivity index is 0. The number of hydrogen-bond donors (Lipinski definition) is 3. The Bertz CT molecular complexity index is 19.0. The largest absolute Gasteiger partial charge is 1.00 e. The average Bonchev–Trinajstić information content (AvgIpc) is 1.41. The van der Waals surface area contributed by atoms with Crippen molar-refractivity contribution in [3.05, 3.63) is 0 Å². The smallest absolute Gasteiger partial charge is 0.178 e. The summed E-state index contributed by atoms with van der Waals surface area (Å²) < 4.78 is 0. The first-order valence-corrected chi connectivity index (χ1v) is 1.45. The topological polar surface area (TPSA) is 57.1 Å². The summed E-state index contributed by atoms with van der Waals surface area (Å²) in [4.78, 5) is 0. The molecule has 0 aromatic heterocycles. The molecule has 4 N–H and O–H groups in total. The first-order valence-electron chi connectivity index (χ1n) is 1.45. The summed E-state index contributed by atoms with van der Waals surface area (Å²) in [5, 5.41) is 17.1. The Morgan fingerprint density at radius 3 is 1.50 bits per heavy atom. The zero-order valence-corrected chi connectivity index (χ0v) is 4.85. The molecule has 4 heteroatoms. The van der Waals surface area contributed by atoms with Gasteiger partial charge in [-0.05, 0) is 0 Å². The van der Waals surface area contributed by atoms with Crippen LogP contribution in [0.4, 0.5) is 0 Å². The molecule has 0 amide bonds. The van der Waals surface area contributed by atoms with Gasteiger partial charge in [0.15, 0.2) is 13.5 Å². The lowest BCUT2D eigenvalue weighted by Crippen LogP contribution is -3.00. The predicted molar refractivity (Wildman–Crippen MR) is 16.1 cm³/mol. The summed E-state index contributed by atoms with van der Waals surface area (Å²) in [7, 11) is 0. The van der Waals surface area contributed by atoms with E-state index in [1.54, 1.807) is 0 Å². The maximum absolute atomic E-state index is 7.85. The third-order valence-electron chi connectivity index (χ3n) is 0.258. The second-order valence-corrected chi connectivity index (χ2v) is 0.654. The van der Waals surface area contributed by atoms with Crippen molar-refractivity contribution < 1.29 is 32.5 Å². The Labute approximate surface area is 46.8 Å². The Morgan fingerprint density at radius 1 is 1.17 bits per heavy atom. The Hall–Kier alpha value is 0.360. The van der Waals surface area contributed by atoms with E-state index in [1.807, 2.05) is 0 Å². The number of rotatable bonds is 2. The van der Waals surface area contributed by atoms with Crippen LogP contribution in [0.25, 0.3) is 0 Å². The zero-order valence-electron chi connectivity index (χ0n) is 3.26. The fraction of sp³-hybridized carbons (Fsp3) is 1.00. The summed E-state index contributed by atoms with van der Waals surface area (Å²) in [5.74, 6) is 0. The molecule has 3 nitrogen and oxygen atoms in total. The van der Waals surface area contributed by atoms with Crippen molar-refractivity contribution in [3.8, 4) is 0 Å². The van der Waals surface area contributed by atoms with Gasteiger partial charge in [0.25, 0.3) is 0 Å². The molecule has 0 rings (SSSR count). The van der Waals surface area contributed by atoms with Gasteiger partial charge < -0.3 is 32.5 Å². The van der Waals surface area contributed by atoms with Crippen molar-refractivity contribution in [3.63, 3.8) is 0 Å². The van der Waals surface area contributed by atoms with Crippen LogP contribution in [-0.4, -0.2) is 23.7 Å². The highest BCUT2D eigenvalue weighted by Crippen LogP contribution is 1.14. The van der Waals surface area contributed by atoms with Crippen LogP contribution in [0.5, 0.6) is 0 Å². The number of aliphatic hydroxyl groups is 2. The number of nitrogens with two attached hydrogens (primary N) is 1. The van der Waals surface area contributed by atoms with Gasteiger partial charge in [-0.1, -0.05) is 0 Å². The standard InChI is InChI=1S/C2H7NO2.BrH/c4-1-3-2-5;/h3-5H,1-2H2;1H. The number of aliphatic hydroxyl groups excluding tert-OH is 2.